The predicted molar refractivity (Wildman–Crippen MR) is 234 cm³/mol. The maximum Gasteiger partial charge on any atom is 0.144 e. The average molecular weight is 923 g/mol. The third-order valence-corrected chi connectivity index (χ3v) is 11.2. The molecule has 0 saturated heterocycles. The van der Waals surface area contributed by atoms with Gasteiger partial charge >= 0.3 is 0 Å². The van der Waals surface area contributed by atoms with Gasteiger partial charge in [0.05, 0.1) is 5.52 Å². The number of benzene rings is 9. The molecule has 3 heterocycles. The molecule has 9 aromatic carbocycles. The summed E-state index contributed by atoms with van der Waals surface area (Å²) < 4.78 is 8.90. The van der Waals surface area contributed by atoms with Crippen LogP contribution in [0.2, 0.25) is 0 Å². The van der Waals surface area contributed by atoms with Crippen LogP contribution in [0.5, 0.6) is 11.5 Å². The van der Waals surface area contributed by atoms with Crippen LogP contribution in [0, 0.1) is 18.8 Å². The molecule has 58 heavy (non-hydrogen) atoms. The summed E-state index contributed by atoms with van der Waals surface area (Å²) in [6.07, 6.45) is 0. The van der Waals surface area contributed by atoms with E-state index in [-0.39, 0.29) is 21.1 Å². The van der Waals surface area contributed by atoms with Crippen LogP contribution in [0.4, 0.5) is 22.7 Å². The van der Waals surface area contributed by atoms with Gasteiger partial charge in [-0.15, -0.1) is 48.1 Å². The van der Waals surface area contributed by atoms with Crippen LogP contribution in [0.3, 0.4) is 0 Å². The van der Waals surface area contributed by atoms with Crippen molar-refractivity contribution >= 4 is 87.8 Å². The van der Waals surface area contributed by atoms with Gasteiger partial charge in [0.2, 0.25) is 0 Å². The van der Waals surface area contributed by atoms with Crippen LogP contribution < -0.4 is 14.5 Å². The zero-order valence-electron chi connectivity index (χ0n) is 30.9. The van der Waals surface area contributed by atoms with Crippen molar-refractivity contribution in [1.29, 1.82) is 0 Å². The number of ether oxygens (including phenoxy) is 1. The zero-order chi connectivity index (χ0) is 37.5. The summed E-state index contributed by atoms with van der Waals surface area (Å²) in [6.45, 7) is 2.11. The summed E-state index contributed by atoms with van der Waals surface area (Å²) in [6, 6.07) is 70.8. The number of nitrogens with zero attached hydrogens (tertiary/aromatic N) is 4. The second-order valence-corrected chi connectivity index (χ2v) is 14.4. The van der Waals surface area contributed by atoms with E-state index in [0.717, 1.165) is 66.7 Å². The van der Waals surface area contributed by atoms with Gasteiger partial charge in [0, 0.05) is 71.3 Å². The molecule has 1 aliphatic rings. The fourth-order valence-electron chi connectivity index (χ4n) is 8.69. The first-order chi connectivity index (χ1) is 28.3. The van der Waals surface area contributed by atoms with E-state index in [1.54, 1.807) is 0 Å². The van der Waals surface area contributed by atoms with Crippen LogP contribution in [0.1, 0.15) is 0 Å². The minimum atomic E-state index is 0. The van der Waals surface area contributed by atoms with Crippen LogP contribution in [0.25, 0.3) is 70.8 Å². The first kappa shape index (κ1) is 34.3. The zero-order valence-corrected chi connectivity index (χ0v) is 33.2. The van der Waals surface area contributed by atoms with Crippen molar-refractivity contribution in [3.8, 4) is 17.3 Å². The van der Waals surface area contributed by atoms with E-state index in [1.807, 2.05) is 24.3 Å². The van der Waals surface area contributed by atoms with Crippen molar-refractivity contribution in [3.05, 3.63) is 201 Å². The van der Waals surface area contributed by atoms with E-state index in [4.69, 9.17) is 9.72 Å². The maximum atomic E-state index is 6.64. The monoisotopic (exact) mass is 922 g/mol. The van der Waals surface area contributed by atoms with Gasteiger partial charge < -0.3 is 19.1 Å². The number of pyridine rings is 1. The van der Waals surface area contributed by atoms with Crippen LogP contribution >= 0.6 is 0 Å². The molecular weight excluding hydrogens is 892 g/mol. The Labute approximate surface area is 349 Å². The van der Waals surface area contributed by atoms with E-state index >= 15 is 0 Å². The summed E-state index contributed by atoms with van der Waals surface area (Å²) in [4.78, 5) is 9.86. The Bertz CT molecular complexity index is 3400. The molecule has 11 aromatic rings. The number of rotatable bonds is 5. The Morgan fingerprint density at radius 1 is 0.466 bits per heavy atom. The number of para-hydroxylation sites is 4. The van der Waals surface area contributed by atoms with E-state index < -0.39 is 0 Å². The fraction of sp³-hybridized carbons (Fsp3) is 0. The Hall–Kier alpha value is -6.94. The van der Waals surface area contributed by atoms with Gasteiger partial charge in [-0.2, -0.15) is 12.1 Å². The van der Waals surface area contributed by atoms with Crippen LogP contribution in [-0.4, -0.2) is 9.55 Å². The summed E-state index contributed by atoms with van der Waals surface area (Å²) in [5, 5.41) is 10.4. The molecule has 0 bridgehead atoms. The van der Waals surface area contributed by atoms with Crippen molar-refractivity contribution in [2.75, 3.05) is 9.80 Å². The van der Waals surface area contributed by atoms with Crippen LogP contribution in [0.15, 0.2) is 182 Å². The van der Waals surface area contributed by atoms with E-state index in [2.05, 4.69) is 191 Å². The molecule has 6 heteroatoms. The predicted octanol–water partition coefficient (Wildman–Crippen LogP) is 13.6. The fourth-order valence-corrected chi connectivity index (χ4v) is 8.69. The Morgan fingerprint density at radius 3 is 1.91 bits per heavy atom. The third-order valence-electron chi connectivity index (χ3n) is 11.2. The normalized spacial score (nSPS) is 12.6. The molecule has 1 aliphatic heterocycles. The summed E-state index contributed by atoms with van der Waals surface area (Å²) in [5.74, 6) is 2.05. The van der Waals surface area contributed by atoms with Crippen molar-refractivity contribution < 1.29 is 25.8 Å². The molecule has 0 aliphatic carbocycles. The smallest absolute Gasteiger partial charge is 0.144 e. The van der Waals surface area contributed by atoms with Gasteiger partial charge in [0.1, 0.15) is 5.82 Å². The van der Waals surface area contributed by atoms with Crippen molar-refractivity contribution in [1.82, 2.24) is 9.55 Å². The molecule has 0 fully saturated rings. The molecule has 0 N–H and O–H groups in total. The number of fused-ring (bicyclic) bond motifs is 11. The molecule has 5 nitrogen and oxygen atoms in total. The summed E-state index contributed by atoms with van der Waals surface area (Å²) in [7, 11) is 0. The molecule has 0 radical (unpaired) electrons. The topological polar surface area (TPSA) is 33.5 Å². The molecule has 0 atom stereocenters. The molecule has 12 rings (SSSR count). The minimum absolute atomic E-state index is 0. The van der Waals surface area contributed by atoms with Gasteiger partial charge in [-0.3, -0.25) is 0 Å². The Kier molecular flexibility index (Phi) is 8.06. The maximum absolute atomic E-state index is 6.64. The second-order valence-electron chi connectivity index (χ2n) is 14.4. The second kappa shape index (κ2) is 13.6. The van der Waals surface area contributed by atoms with Crippen molar-refractivity contribution in [2.24, 2.45) is 0 Å². The van der Waals surface area contributed by atoms with Crippen LogP contribution in [-0.2, 0) is 21.1 Å². The molecule has 0 spiro atoms. The summed E-state index contributed by atoms with van der Waals surface area (Å²) >= 11 is 0. The number of aromatic nitrogens is 2. The van der Waals surface area contributed by atoms with E-state index in [9.17, 15) is 0 Å². The number of anilines is 4. The van der Waals surface area contributed by atoms with E-state index in [1.165, 1.54) is 26.9 Å². The first-order valence-corrected chi connectivity index (χ1v) is 19.1. The SMILES string of the molecule is [Pt].[c-]1c(Oc2[c-]c3c(cc2)c2ccccc2n3-c2nc3ccc4ccccc4c3c3c2ccc2ccccc23)cccc1N1[CH-]N(c2ccccc2)c2ccccc21. The molecule has 2 aromatic heterocycles. The van der Waals surface area contributed by atoms with Gasteiger partial charge in [0.25, 0.3) is 0 Å². The Balaban J connectivity index is 0.00000385. The van der Waals surface area contributed by atoms with Gasteiger partial charge in [0.15, 0.2) is 0 Å². The van der Waals surface area contributed by atoms with Gasteiger partial charge in [-0.25, -0.2) is 4.98 Å². The van der Waals surface area contributed by atoms with E-state index in [0.29, 0.717) is 11.5 Å². The standard InChI is InChI=1S/C52H31N4O.Pt/c1-2-15-36(16-3-1)54-33-55(48-24-11-10-23-47(48)54)37-17-12-18-38(31-37)57-39-27-29-43-42-21-8-9-22-46(42)56(49(43)32-39)52-44-28-25-34-13-4-6-19-40(34)50(44)51-41-20-7-5-14-35(41)26-30-45(51)53-52;/h1-30,33H;/q-3;. The minimum Gasteiger partial charge on any atom is -0.509 e. The first-order valence-electron chi connectivity index (χ1n) is 19.1. The van der Waals surface area contributed by atoms with Gasteiger partial charge in [-0.05, 0) is 69.4 Å². The summed E-state index contributed by atoms with van der Waals surface area (Å²) in [5.41, 5.74) is 7.04. The molecule has 0 saturated carbocycles. The Morgan fingerprint density at radius 2 is 1.10 bits per heavy atom. The largest absolute Gasteiger partial charge is 0.509 e. The molecule has 0 amide bonds. The number of hydrogen-bond donors (Lipinski definition) is 0. The average Bonchev–Trinajstić information content (AvgIpc) is 3.82. The van der Waals surface area contributed by atoms with Crippen molar-refractivity contribution in [3.63, 3.8) is 0 Å². The van der Waals surface area contributed by atoms with Gasteiger partial charge in [-0.1, -0.05) is 115 Å². The third kappa shape index (κ3) is 5.31. The number of hydrogen-bond acceptors (Lipinski definition) is 4. The molecular formula is C52H31N4OPt-3. The molecule has 0 unspecified atom stereocenters. The van der Waals surface area contributed by atoms with Crippen molar-refractivity contribution in [2.45, 2.75) is 0 Å². The quantitative estimate of drug-likeness (QED) is 0.127. The molecule has 278 valence electrons.